The highest BCUT2D eigenvalue weighted by atomic mass is 16.3. The number of carbonyl (C=O) groups excluding carboxylic acids is 7. The van der Waals surface area contributed by atoms with Crippen LogP contribution in [0.15, 0.2) is 24.3 Å². The summed E-state index contributed by atoms with van der Waals surface area (Å²) < 4.78 is 0. The Morgan fingerprint density at radius 3 is 1.85 bits per heavy atom. The molecule has 2 heterocycles. The number of carbonyl (C=O) groups is 7. The Morgan fingerprint density at radius 1 is 0.662 bits per heavy atom. The summed E-state index contributed by atoms with van der Waals surface area (Å²) in [6.45, 7) is 12.0. The van der Waals surface area contributed by atoms with Gasteiger partial charge in [-0.2, -0.15) is 0 Å². The van der Waals surface area contributed by atoms with Crippen molar-refractivity contribution in [1.29, 1.82) is 0 Å². The average molecular weight is 956 g/mol. The Kier molecular flexibility index (Phi) is 28.7. The zero-order valence-corrected chi connectivity index (χ0v) is 42.2. The number of nitrogens with two attached hydrogens (primary N) is 1. The number of aromatic hydroxyl groups is 1. The number of phenols is 1. The van der Waals surface area contributed by atoms with E-state index in [4.69, 9.17) is 5.73 Å². The molecule has 17 nitrogen and oxygen atoms in total. The van der Waals surface area contributed by atoms with Gasteiger partial charge in [-0.05, 0) is 120 Å². The second kappa shape index (κ2) is 32.9. The first-order valence-electron chi connectivity index (χ1n) is 25.7. The van der Waals surface area contributed by atoms with E-state index in [2.05, 4.69) is 47.4 Å². The monoisotopic (exact) mass is 956 g/mol. The van der Waals surface area contributed by atoms with Gasteiger partial charge in [-0.25, -0.2) is 0 Å². The van der Waals surface area contributed by atoms with Crippen LogP contribution in [-0.4, -0.2) is 119 Å². The number of hydrogen-bond acceptors (Lipinski definition) is 10. The maximum atomic E-state index is 14.2. The van der Waals surface area contributed by atoms with E-state index in [0.29, 0.717) is 90.4 Å². The summed E-state index contributed by atoms with van der Waals surface area (Å²) in [4.78, 5) is 96.4. The first-order valence-corrected chi connectivity index (χ1v) is 25.7. The second-order valence-electron chi connectivity index (χ2n) is 19.2. The maximum absolute atomic E-state index is 14.2. The van der Waals surface area contributed by atoms with E-state index in [9.17, 15) is 38.7 Å². The lowest BCUT2D eigenvalue weighted by molar-refractivity contribution is -0.143. The molecule has 1 aromatic rings. The largest absolute Gasteiger partial charge is 0.508 e. The molecule has 0 saturated carbocycles. The molecule has 0 aromatic heterocycles. The van der Waals surface area contributed by atoms with Crippen LogP contribution in [-0.2, 0) is 40.0 Å². The molecule has 386 valence electrons. The van der Waals surface area contributed by atoms with Crippen LogP contribution in [0.1, 0.15) is 169 Å². The van der Waals surface area contributed by atoms with Crippen molar-refractivity contribution in [2.75, 3.05) is 32.7 Å². The van der Waals surface area contributed by atoms with Gasteiger partial charge in [0.05, 0.1) is 0 Å². The quantitative estimate of drug-likeness (QED) is 0.0432. The van der Waals surface area contributed by atoms with E-state index in [1.807, 2.05) is 0 Å². The molecular formula is C51H89N9O8. The van der Waals surface area contributed by atoms with Crippen LogP contribution in [0.5, 0.6) is 5.75 Å². The van der Waals surface area contributed by atoms with Gasteiger partial charge < -0.3 is 53.4 Å². The molecule has 68 heavy (non-hydrogen) atoms. The molecule has 0 spiro atoms. The molecule has 0 bridgehead atoms. The Balaban J connectivity index is 0.0000159. The number of nitrogens with one attached hydrogen (secondary N) is 5. The van der Waals surface area contributed by atoms with Crippen LogP contribution in [0.3, 0.4) is 0 Å². The third-order valence-corrected chi connectivity index (χ3v) is 13.4. The number of nitrogens with zero attached hydrogens (tertiary/aromatic N) is 2. The molecule has 0 aliphatic carbocycles. The summed E-state index contributed by atoms with van der Waals surface area (Å²) in [5.41, 5.74) is 6.68. The fourth-order valence-electron chi connectivity index (χ4n) is 9.30. The SMILES string of the molecule is CCC(C)CC(C)CCCCCCCCC(=O)NCCCCNC(=O)C1CCCN1C(=O)[C@H](CCCN)NC(=O)[C@H](CCc1ccc(O)cc1)NC(=O)[C@@H]1CCCN1C(=O)[C@H](CC)NC(C)=O.N. The maximum Gasteiger partial charge on any atom is 0.245 e. The highest BCUT2D eigenvalue weighted by Crippen LogP contribution is 2.23. The summed E-state index contributed by atoms with van der Waals surface area (Å²) in [7, 11) is 0. The molecule has 3 unspecified atom stereocenters. The van der Waals surface area contributed by atoms with Crippen molar-refractivity contribution in [3.63, 3.8) is 0 Å². The molecule has 3 rings (SSSR count). The third-order valence-electron chi connectivity index (χ3n) is 13.4. The lowest BCUT2D eigenvalue weighted by Gasteiger charge is -2.31. The van der Waals surface area contributed by atoms with Crippen LogP contribution in [0.25, 0.3) is 0 Å². The zero-order valence-electron chi connectivity index (χ0n) is 42.2. The van der Waals surface area contributed by atoms with Crippen LogP contribution in [0, 0.1) is 11.8 Å². The minimum atomic E-state index is -1.09. The fraction of sp³-hybridized carbons (Fsp3) is 0.745. The smallest absolute Gasteiger partial charge is 0.245 e. The van der Waals surface area contributed by atoms with Crippen LogP contribution in [0.2, 0.25) is 0 Å². The van der Waals surface area contributed by atoms with E-state index in [0.717, 1.165) is 36.7 Å². The molecular weight excluding hydrogens is 867 g/mol. The zero-order chi connectivity index (χ0) is 49.1. The minimum absolute atomic E-state index is 0. The van der Waals surface area contributed by atoms with E-state index < -0.39 is 47.9 Å². The first kappa shape index (κ1) is 59.4. The highest BCUT2D eigenvalue weighted by molar-refractivity contribution is 5.96. The molecule has 2 aliphatic heterocycles. The van der Waals surface area contributed by atoms with E-state index in [-0.39, 0.29) is 54.9 Å². The van der Waals surface area contributed by atoms with E-state index in [1.165, 1.54) is 67.4 Å². The predicted octanol–water partition coefficient (Wildman–Crippen LogP) is 5.30. The number of aryl methyl sites for hydroxylation is 1. The van der Waals surface area contributed by atoms with Crippen LogP contribution in [0.4, 0.5) is 0 Å². The van der Waals surface area contributed by atoms with Crippen LogP contribution >= 0.6 is 0 Å². The van der Waals surface area contributed by atoms with Gasteiger partial charge in [0, 0.05) is 39.5 Å². The Morgan fingerprint density at radius 2 is 1.25 bits per heavy atom. The van der Waals surface area contributed by atoms with Gasteiger partial charge in [-0.1, -0.05) is 84.8 Å². The van der Waals surface area contributed by atoms with Gasteiger partial charge >= 0.3 is 0 Å². The molecule has 0 radical (unpaired) electrons. The lowest BCUT2D eigenvalue weighted by Crippen LogP contribution is -2.58. The Hall–Kier alpha value is -4.77. The topological polar surface area (TPSA) is 267 Å². The van der Waals surface area contributed by atoms with Crippen molar-refractivity contribution < 1.29 is 38.7 Å². The van der Waals surface area contributed by atoms with Crippen molar-refractivity contribution >= 4 is 41.4 Å². The number of phenolic OH excluding ortho intramolecular Hbond substituents is 1. The minimum Gasteiger partial charge on any atom is -0.508 e. The van der Waals surface area contributed by atoms with Crippen molar-refractivity contribution in [3.05, 3.63) is 29.8 Å². The molecule has 7 atom stereocenters. The van der Waals surface area contributed by atoms with Gasteiger partial charge in [0.25, 0.3) is 0 Å². The number of benzene rings is 1. The van der Waals surface area contributed by atoms with Gasteiger partial charge in [0.1, 0.15) is 36.0 Å². The summed E-state index contributed by atoms with van der Waals surface area (Å²) in [6, 6.07) is 2.08. The molecule has 17 heteroatoms. The fourth-order valence-corrected chi connectivity index (χ4v) is 9.30. The average Bonchev–Trinajstić information content (AvgIpc) is 4.02. The van der Waals surface area contributed by atoms with E-state index >= 15 is 0 Å². The number of rotatable bonds is 32. The number of amides is 7. The molecule has 1 aromatic carbocycles. The summed E-state index contributed by atoms with van der Waals surface area (Å²) in [5.74, 6) is -0.723. The molecule has 7 amide bonds. The van der Waals surface area contributed by atoms with Gasteiger partial charge in [-0.15, -0.1) is 0 Å². The molecule has 2 aliphatic rings. The van der Waals surface area contributed by atoms with Crippen molar-refractivity contribution in [1.82, 2.24) is 42.5 Å². The standard InChI is InChI=1S/C51H86N8O8.H3N/c1-6-36(3)35-37(4)19-12-10-8-9-11-13-23-46(62)53-31-14-15-32-54-48(64)44-21-17-33-58(44)51(67)43(20-16-30-52)57-47(63)42(29-26-39-24-27-40(61)28-25-39)56-49(65)45-22-18-34-59(45)50(66)41(7-2)55-38(5)60;/h24-25,27-28,36-37,41-45,61H,6-23,26,29-35,52H2,1-5H3,(H,53,62)(H,54,64)(H,55,60)(H,56,65)(H,57,63);1H3/t36?,37?,41-,42-,43-,44?,45-;/m0./s1. The summed E-state index contributed by atoms with van der Waals surface area (Å²) in [5, 5.41) is 24.2. The van der Waals surface area contributed by atoms with Gasteiger partial charge in [-0.3, -0.25) is 33.6 Å². The third kappa shape index (κ3) is 21.3. The summed E-state index contributed by atoms with van der Waals surface area (Å²) in [6.07, 6.45) is 16.2. The predicted molar refractivity (Wildman–Crippen MR) is 266 cm³/mol. The Bertz CT molecular complexity index is 1700. The van der Waals surface area contributed by atoms with Crippen LogP contribution < -0.4 is 38.5 Å². The molecule has 11 N–H and O–H groups in total. The normalized spacial score (nSPS) is 17.8. The summed E-state index contributed by atoms with van der Waals surface area (Å²) >= 11 is 0. The van der Waals surface area contributed by atoms with Crippen molar-refractivity contribution in [3.8, 4) is 5.75 Å². The first-order chi connectivity index (χ1) is 32.2. The number of hydrogen-bond donors (Lipinski definition) is 8. The van der Waals surface area contributed by atoms with Crippen molar-refractivity contribution in [2.24, 2.45) is 17.6 Å². The number of likely N-dealkylation sites (tertiary alicyclic amines) is 2. The Labute approximate surface area is 407 Å². The van der Waals surface area contributed by atoms with Gasteiger partial charge in [0.15, 0.2) is 0 Å². The molecule has 2 fully saturated rings. The van der Waals surface area contributed by atoms with Crippen molar-refractivity contribution in [2.45, 2.75) is 200 Å². The highest BCUT2D eigenvalue weighted by Gasteiger charge is 2.40. The van der Waals surface area contributed by atoms with E-state index in [1.54, 1.807) is 19.1 Å². The van der Waals surface area contributed by atoms with Gasteiger partial charge in [0.2, 0.25) is 41.4 Å². The second-order valence-corrected chi connectivity index (χ2v) is 19.2. The molecule has 2 saturated heterocycles. The lowest BCUT2D eigenvalue weighted by atomic mass is 9.91. The number of unbranched alkanes of at least 4 members (excludes halogenated alkanes) is 6.